The van der Waals surface area contributed by atoms with Crippen LogP contribution in [0.4, 0.5) is 5.69 Å². The molecule has 0 atom stereocenters. The van der Waals surface area contributed by atoms with Crippen LogP contribution in [0.2, 0.25) is 0 Å². The average Bonchev–Trinajstić information content (AvgIpc) is 2.40. The molecule has 1 fully saturated rings. The van der Waals surface area contributed by atoms with Gasteiger partial charge in [-0.25, -0.2) is 5.84 Å². The minimum Gasteiger partial charge on any atom is -0.400 e. The number of hydrogen-bond donors (Lipinski definition) is 2. The standard InChI is InChI=1S/C14H22N4/c15-13(11-17-9-5-2-6-10-17)12-18(16)14-7-3-1-4-8-14/h1,3-4,7-8,12H,2,5-6,9-11,15-16H2/b13-12-. The first-order chi connectivity index (χ1) is 8.75. The first-order valence-electron chi connectivity index (χ1n) is 6.53. The number of anilines is 1. The second-order valence-corrected chi connectivity index (χ2v) is 4.78. The van der Waals surface area contributed by atoms with Crippen LogP contribution in [0.15, 0.2) is 42.2 Å². The monoisotopic (exact) mass is 246 g/mol. The molecule has 0 spiro atoms. The zero-order chi connectivity index (χ0) is 12.8. The predicted molar refractivity (Wildman–Crippen MR) is 75.7 cm³/mol. The normalized spacial score (nSPS) is 17.7. The summed E-state index contributed by atoms with van der Waals surface area (Å²) in [7, 11) is 0. The number of hydrogen-bond acceptors (Lipinski definition) is 4. The summed E-state index contributed by atoms with van der Waals surface area (Å²) in [5.74, 6) is 5.96. The summed E-state index contributed by atoms with van der Waals surface area (Å²) in [5.41, 5.74) is 7.79. The molecular formula is C14H22N4. The first-order valence-corrected chi connectivity index (χ1v) is 6.53. The highest BCUT2D eigenvalue weighted by Gasteiger charge is 2.10. The molecule has 98 valence electrons. The zero-order valence-corrected chi connectivity index (χ0v) is 10.8. The topological polar surface area (TPSA) is 58.5 Å². The average molecular weight is 246 g/mol. The van der Waals surface area contributed by atoms with Crippen molar-refractivity contribution in [3.05, 3.63) is 42.2 Å². The lowest BCUT2D eigenvalue weighted by atomic mass is 10.1. The van der Waals surface area contributed by atoms with Crippen molar-refractivity contribution in [1.29, 1.82) is 0 Å². The second-order valence-electron chi connectivity index (χ2n) is 4.78. The van der Waals surface area contributed by atoms with Gasteiger partial charge in [0.05, 0.1) is 5.69 Å². The maximum absolute atomic E-state index is 6.04. The maximum Gasteiger partial charge on any atom is 0.0568 e. The molecular weight excluding hydrogens is 224 g/mol. The highest BCUT2D eigenvalue weighted by molar-refractivity contribution is 5.47. The summed E-state index contributed by atoms with van der Waals surface area (Å²) in [6.07, 6.45) is 5.70. The fourth-order valence-electron chi connectivity index (χ4n) is 2.27. The Balaban J connectivity index is 1.91. The van der Waals surface area contributed by atoms with Crippen LogP contribution in [0.5, 0.6) is 0 Å². The van der Waals surface area contributed by atoms with Gasteiger partial charge in [-0.2, -0.15) is 0 Å². The van der Waals surface area contributed by atoms with E-state index in [4.69, 9.17) is 11.6 Å². The highest BCUT2D eigenvalue weighted by atomic mass is 15.4. The van der Waals surface area contributed by atoms with Gasteiger partial charge < -0.3 is 5.73 Å². The van der Waals surface area contributed by atoms with Gasteiger partial charge in [-0.05, 0) is 38.1 Å². The molecule has 0 amide bonds. The highest BCUT2D eigenvalue weighted by Crippen LogP contribution is 2.12. The fourth-order valence-corrected chi connectivity index (χ4v) is 2.27. The van der Waals surface area contributed by atoms with Crippen LogP contribution >= 0.6 is 0 Å². The van der Waals surface area contributed by atoms with Crippen molar-refractivity contribution in [2.75, 3.05) is 24.6 Å². The molecule has 2 rings (SSSR count). The van der Waals surface area contributed by atoms with E-state index in [9.17, 15) is 0 Å². The molecule has 0 bridgehead atoms. The lowest BCUT2D eigenvalue weighted by Crippen LogP contribution is -2.34. The first kappa shape index (κ1) is 12.9. The Morgan fingerprint density at radius 2 is 1.83 bits per heavy atom. The van der Waals surface area contributed by atoms with Crippen LogP contribution in [-0.2, 0) is 0 Å². The van der Waals surface area contributed by atoms with Gasteiger partial charge in [0.1, 0.15) is 0 Å². The third-order valence-corrected chi connectivity index (χ3v) is 3.21. The van der Waals surface area contributed by atoms with Crippen molar-refractivity contribution in [2.45, 2.75) is 19.3 Å². The minimum atomic E-state index is 0.806. The van der Waals surface area contributed by atoms with Crippen LogP contribution in [0.25, 0.3) is 0 Å². The van der Waals surface area contributed by atoms with Gasteiger partial charge in [0.25, 0.3) is 0 Å². The smallest absolute Gasteiger partial charge is 0.0568 e. The number of nitrogens with two attached hydrogens (primary N) is 2. The molecule has 1 saturated heterocycles. The number of hydrazine groups is 1. The number of piperidine rings is 1. The molecule has 4 N–H and O–H groups in total. The number of benzene rings is 1. The van der Waals surface area contributed by atoms with E-state index in [1.807, 2.05) is 36.5 Å². The molecule has 0 aromatic heterocycles. The Morgan fingerprint density at radius 3 is 2.50 bits per heavy atom. The van der Waals surface area contributed by atoms with Gasteiger partial charge in [0.15, 0.2) is 0 Å². The molecule has 1 aliphatic rings. The van der Waals surface area contributed by atoms with Crippen LogP contribution in [0, 0.1) is 0 Å². The Morgan fingerprint density at radius 1 is 1.17 bits per heavy atom. The molecule has 1 heterocycles. The Bertz CT molecular complexity index is 382. The number of para-hydroxylation sites is 1. The van der Waals surface area contributed by atoms with Crippen LogP contribution in [0.3, 0.4) is 0 Å². The van der Waals surface area contributed by atoms with Gasteiger partial charge >= 0.3 is 0 Å². The summed E-state index contributed by atoms with van der Waals surface area (Å²) in [5, 5.41) is 1.58. The zero-order valence-electron chi connectivity index (χ0n) is 10.8. The molecule has 0 saturated carbocycles. The molecule has 1 aliphatic heterocycles. The molecule has 1 aromatic rings. The second kappa shape index (κ2) is 6.42. The summed E-state index contributed by atoms with van der Waals surface area (Å²) in [6, 6.07) is 9.82. The van der Waals surface area contributed by atoms with Crippen molar-refractivity contribution in [3.63, 3.8) is 0 Å². The molecule has 4 nitrogen and oxygen atoms in total. The van der Waals surface area contributed by atoms with Crippen LogP contribution < -0.4 is 16.6 Å². The lowest BCUT2D eigenvalue weighted by molar-refractivity contribution is 0.245. The van der Waals surface area contributed by atoms with Gasteiger partial charge in [-0.3, -0.25) is 9.91 Å². The molecule has 1 aromatic carbocycles. The van der Waals surface area contributed by atoms with Gasteiger partial charge in [-0.15, -0.1) is 0 Å². The fraction of sp³-hybridized carbons (Fsp3) is 0.429. The van der Waals surface area contributed by atoms with Crippen LogP contribution in [-0.4, -0.2) is 24.5 Å². The minimum absolute atomic E-state index is 0.806. The molecule has 0 unspecified atom stereocenters. The molecule has 0 radical (unpaired) electrons. The Labute approximate surface area is 109 Å². The SMILES string of the molecule is N/C(=C\N(N)c1ccccc1)CN1CCCCC1. The quantitative estimate of drug-likeness (QED) is 0.626. The van der Waals surface area contributed by atoms with E-state index in [0.717, 1.165) is 31.0 Å². The summed E-state index contributed by atoms with van der Waals surface area (Å²) < 4.78 is 0. The van der Waals surface area contributed by atoms with E-state index < -0.39 is 0 Å². The van der Waals surface area contributed by atoms with Crippen molar-refractivity contribution in [1.82, 2.24) is 4.90 Å². The third-order valence-electron chi connectivity index (χ3n) is 3.21. The Hall–Kier alpha value is -1.52. The third kappa shape index (κ3) is 3.75. The van der Waals surface area contributed by atoms with E-state index in [0.29, 0.717) is 0 Å². The molecule has 18 heavy (non-hydrogen) atoms. The predicted octanol–water partition coefficient (Wildman–Crippen LogP) is 1.65. The lowest BCUT2D eigenvalue weighted by Gasteiger charge is -2.26. The van der Waals surface area contributed by atoms with Gasteiger partial charge in [0.2, 0.25) is 0 Å². The van der Waals surface area contributed by atoms with E-state index in [1.165, 1.54) is 19.3 Å². The van der Waals surface area contributed by atoms with Crippen LogP contribution in [0.1, 0.15) is 19.3 Å². The van der Waals surface area contributed by atoms with E-state index in [1.54, 1.807) is 5.01 Å². The van der Waals surface area contributed by atoms with Crippen molar-refractivity contribution < 1.29 is 0 Å². The molecule has 0 aliphatic carbocycles. The summed E-state index contributed by atoms with van der Waals surface area (Å²) >= 11 is 0. The molecule has 4 heteroatoms. The summed E-state index contributed by atoms with van der Waals surface area (Å²) in [6.45, 7) is 3.09. The maximum atomic E-state index is 6.04. The number of likely N-dealkylation sites (tertiary alicyclic amines) is 1. The number of rotatable bonds is 4. The van der Waals surface area contributed by atoms with Crippen molar-refractivity contribution in [2.24, 2.45) is 11.6 Å². The van der Waals surface area contributed by atoms with E-state index in [-0.39, 0.29) is 0 Å². The van der Waals surface area contributed by atoms with E-state index >= 15 is 0 Å². The van der Waals surface area contributed by atoms with Gasteiger partial charge in [0, 0.05) is 18.4 Å². The summed E-state index contributed by atoms with van der Waals surface area (Å²) in [4.78, 5) is 2.38. The number of nitrogens with zero attached hydrogens (tertiary/aromatic N) is 2. The van der Waals surface area contributed by atoms with Gasteiger partial charge in [-0.1, -0.05) is 24.6 Å². The van der Waals surface area contributed by atoms with E-state index in [2.05, 4.69) is 4.90 Å². The Kier molecular flexibility index (Phi) is 4.61. The largest absolute Gasteiger partial charge is 0.400 e. The van der Waals surface area contributed by atoms with Crippen molar-refractivity contribution in [3.8, 4) is 0 Å². The van der Waals surface area contributed by atoms with Crippen molar-refractivity contribution >= 4 is 5.69 Å².